The number of pyridine rings is 1. The Morgan fingerprint density at radius 3 is 2.52 bits per heavy atom. The molecule has 1 saturated heterocycles. The zero-order valence-corrected chi connectivity index (χ0v) is 22.6. The van der Waals surface area contributed by atoms with Gasteiger partial charge < -0.3 is 15.8 Å². The Hall–Kier alpha value is -4.03. The number of anilines is 2. The summed E-state index contributed by atoms with van der Waals surface area (Å²) in [7, 11) is -1.90. The molecular formula is C28H29F3N6O2S. The molecule has 2 atom stereocenters. The van der Waals surface area contributed by atoms with Gasteiger partial charge in [0.15, 0.2) is 17.4 Å². The Labute approximate surface area is 232 Å². The van der Waals surface area contributed by atoms with E-state index in [2.05, 4.69) is 31.9 Å². The standard InChI is InChI=1S/C22H16F3N5O2S.C6H13N/c23-15-11-17(32-21-14(7-4-9-27-21)16-8-10-28-22(26)29-16)18(24)19(25)20(15)30-33(31)12-13-5-2-1-3-6-13;1-6-4-2-3-5-7-6/h1-11,30H,12H2,(H2,26,28,29);6-7H,2-5H2,1H3/t;6-/m.0/s1. The van der Waals surface area contributed by atoms with Gasteiger partial charge in [-0.1, -0.05) is 36.8 Å². The molecule has 40 heavy (non-hydrogen) atoms. The molecular weight excluding hydrogens is 541 g/mol. The van der Waals surface area contributed by atoms with Crippen LogP contribution in [0.5, 0.6) is 11.6 Å². The first kappa shape index (κ1) is 29.0. The molecule has 2 aromatic heterocycles. The van der Waals surface area contributed by atoms with Crippen LogP contribution in [0.1, 0.15) is 31.7 Å². The van der Waals surface area contributed by atoms with Crippen LogP contribution in [-0.2, 0) is 16.7 Å². The number of nitrogens with two attached hydrogens (primary N) is 1. The van der Waals surface area contributed by atoms with Gasteiger partial charge in [-0.2, -0.15) is 4.39 Å². The summed E-state index contributed by atoms with van der Waals surface area (Å²) >= 11 is 0. The number of nitrogens with one attached hydrogen (secondary N) is 2. The van der Waals surface area contributed by atoms with Gasteiger partial charge in [0.05, 0.1) is 17.0 Å². The fourth-order valence-electron chi connectivity index (χ4n) is 3.94. The zero-order valence-electron chi connectivity index (χ0n) is 21.7. The van der Waals surface area contributed by atoms with Gasteiger partial charge in [0.2, 0.25) is 17.6 Å². The maximum atomic E-state index is 14.7. The zero-order chi connectivity index (χ0) is 28.5. The second-order valence-electron chi connectivity index (χ2n) is 9.05. The Balaban J connectivity index is 0.000000461. The third kappa shape index (κ3) is 7.76. The number of hydrogen-bond acceptors (Lipinski definition) is 7. The van der Waals surface area contributed by atoms with Crippen molar-refractivity contribution in [2.75, 3.05) is 17.0 Å². The molecule has 1 aliphatic rings. The minimum atomic E-state index is -1.90. The molecule has 4 N–H and O–H groups in total. The SMILES string of the molecule is C[C@H]1CCCCN1.Nc1nccc(-c2cccnc2Oc2cc(F)c(NS(=O)Cc3ccccc3)c(F)c2F)n1. The minimum Gasteiger partial charge on any atom is -0.435 e. The van der Waals surface area contributed by atoms with Gasteiger partial charge in [-0.3, -0.25) is 4.72 Å². The predicted molar refractivity (Wildman–Crippen MR) is 149 cm³/mol. The van der Waals surface area contributed by atoms with E-state index in [1.807, 2.05) is 0 Å². The maximum absolute atomic E-state index is 14.7. The van der Waals surface area contributed by atoms with Crippen molar-refractivity contribution in [2.45, 2.75) is 38.0 Å². The van der Waals surface area contributed by atoms with Gasteiger partial charge in [0.1, 0.15) is 16.7 Å². The van der Waals surface area contributed by atoms with Crippen LogP contribution < -0.4 is 20.5 Å². The second kappa shape index (κ2) is 13.9. The topological polar surface area (TPSA) is 115 Å². The van der Waals surface area contributed by atoms with Crippen molar-refractivity contribution >= 4 is 22.6 Å². The van der Waals surface area contributed by atoms with Crippen molar-refractivity contribution < 1.29 is 22.1 Å². The van der Waals surface area contributed by atoms with E-state index < -0.39 is 39.9 Å². The van der Waals surface area contributed by atoms with Gasteiger partial charge in [0.25, 0.3) is 0 Å². The number of piperidine rings is 1. The van der Waals surface area contributed by atoms with E-state index >= 15 is 0 Å². The van der Waals surface area contributed by atoms with Gasteiger partial charge in [-0.25, -0.2) is 27.9 Å². The normalized spacial score (nSPS) is 15.4. The van der Waals surface area contributed by atoms with E-state index in [-0.39, 0.29) is 17.6 Å². The third-order valence-corrected chi connectivity index (χ3v) is 6.99. The van der Waals surface area contributed by atoms with E-state index in [1.165, 1.54) is 44.3 Å². The molecule has 210 valence electrons. The number of aromatic nitrogens is 3. The lowest BCUT2D eigenvalue weighted by molar-refractivity contribution is 0.401. The third-order valence-electron chi connectivity index (χ3n) is 5.97. The summed E-state index contributed by atoms with van der Waals surface area (Å²) in [4.78, 5) is 11.8. The molecule has 1 unspecified atom stereocenters. The molecule has 0 spiro atoms. The molecule has 8 nitrogen and oxygen atoms in total. The Morgan fingerprint density at radius 1 is 1.05 bits per heavy atom. The number of benzene rings is 2. The molecule has 2 aromatic carbocycles. The number of halogens is 3. The van der Waals surface area contributed by atoms with Gasteiger partial charge in [-0.15, -0.1) is 0 Å². The van der Waals surface area contributed by atoms with Crippen molar-refractivity contribution in [1.82, 2.24) is 20.3 Å². The monoisotopic (exact) mass is 570 g/mol. The highest BCUT2D eigenvalue weighted by Crippen LogP contribution is 2.35. The van der Waals surface area contributed by atoms with E-state index in [0.29, 0.717) is 22.9 Å². The van der Waals surface area contributed by atoms with E-state index in [9.17, 15) is 17.4 Å². The molecule has 3 heterocycles. The van der Waals surface area contributed by atoms with E-state index in [4.69, 9.17) is 10.5 Å². The first-order valence-corrected chi connectivity index (χ1v) is 13.9. The average molecular weight is 571 g/mol. The fourth-order valence-corrected chi connectivity index (χ4v) is 4.92. The first-order valence-electron chi connectivity index (χ1n) is 12.6. The molecule has 4 aromatic rings. The van der Waals surface area contributed by atoms with Crippen LogP contribution in [0.25, 0.3) is 11.3 Å². The summed E-state index contributed by atoms with van der Waals surface area (Å²) in [5.41, 5.74) is 6.03. The van der Waals surface area contributed by atoms with Gasteiger partial charge >= 0.3 is 0 Å². The van der Waals surface area contributed by atoms with Crippen LogP contribution >= 0.6 is 0 Å². The number of nitrogens with zero attached hydrogens (tertiary/aromatic N) is 3. The Kier molecular flexibility index (Phi) is 10.0. The van der Waals surface area contributed by atoms with E-state index in [0.717, 1.165) is 6.04 Å². The molecule has 1 fully saturated rings. The van der Waals surface area contributed by atoms with Crippen LogP contribution in [0.4, 0.5) is 24.8 Å². The van der Waals surface area contributed by atoms with Crippen LogP contribution in [-0.4, -0.2) is 31.7 Å². The molecule has 0 aliphatic carbocycles. The molecule has 0 amide bonds. The first-order chi connectivity index (χ1) is 19.3. The lowest BCUT2D eigenvalue weighted by atomic mass is 10.1. The van der Waals surface area contributed by atoms with Gasteiger partial charge in [0, 0.05) is 24.5 Å². The lowest BCUT2D eigenvalue weighted by Crippen LogP contribution is -2.30. The summed E-state index contributed by atoms with van der Waals surface area (Å²) in [6, 6.07) is 14.8. The minimum absolute atomic E-state index is 0.00972. The highest BCUT2D eigenvalue weighted by atomic mass is 32.2. The molecule has 0 bridgehead atoms. The number of ether oxygens (including phenoxy) is 1. The fraction of sp³-hybridized carbons (Fsp3) is 0.250. The van der Waals surface area contributed by atoms with Crippen molar-refractivity contribution in [1.29, 1.82) is 0 Å². The van der Waals surface area contributed by atoms with Crippen molar-refractivity contribution in [3.63, 3.8) is 0 Å². The van der Waals surface area contributed by atoms with Crippen LogP contribution in [0.3, 0.4) is 0 Å². The number of hydrogen-bond donors (Lipinski definition) is 3. The molecule has 5 rings (SSSR count). The molecule has 0 saturated carbocycles. The summed E-state index contributed by atoms with van der Waals surface area (Å²) in [5, 5.41) is 3.38. The maximum Gasteiger partial charge on any atom is 0.228 e. The summed E-state index contributed by atoms with van der Waals surface area (Å²) in [5.74, 6) is -5.17. The molecule has 1 aliphatic heterocycles. The van der Waals surface area contributed by atoms with Crippen LogP contribution in [0.15, 0.2) is 67.0 Å². The second-order valence-corrected chi connectivity index (χ2v) is 10.2. The number of rotatable bonds is 7. The average Bonchev–Trinajstić information content (AvgIpc) is 2.95. The molecule has 0 radical (unpaired) electrons. The van der Waals surface area contributed by atoms with Crippen molar-refractivity contribution in [3.05, 3.63) is 90.0 Å². The highest BCUT2D eigenvalue weighted by Gasteiger charge is 2.23. The van der Waals surface area contributed by atoms with Crippen molar-refractivity contribution in [2.24, 2.45) is 0 Å². The largest absolute Gasteiger partial charge is 0.435 e. The Morgan fingerprint density at radius 2 is 1.85 bits per heavy atom. The quantitative estimate of drug-likeness (QED) is 0.242. The number of nitrogen functional groups attached to an aromatic ring is 1. The van der Waals surface area contributed by atoms with E-state index in [1.54, 1.807) is 42.5 Å². The summed E-state index contributed by atoms with van der Waals surface area (Å²) in [6.07, 6.45) is 6.94. The Bertz CT molecular complexity index is 1460. The smallest absolute Gasteiger partial charge is 0.228 e. The lowest BCUT2D eigenvalue weighted by Gasteiger charge is -2.18. The predicted octanol–water partition coefficient (Wildman–Crippen LogP) is 5.75. The summed E-state index contributed by atoms with van der Waals surface area (Å²) < 4.78 is 63.9. The highest BCUT2D eigenvalue weighted by molar-refractivity contribution is 7.85. The van der Waals surface area contributed by atoms with Crippen LogP contribution in [0.2, 0.25) is 0 Å². The summed E-state index contributed by atoms with van der Waals surface area (Å²) in [6.45, 7) is 3.49. The molecule has 12 heteroatoms. The van der Waals surface area contributed by atoms with Crippen molar-refractivity contribution in [3.8, 4) is 22.9 Å². The van der Waals surface area contributed by atoms with Crippen LogP contribution in [0, 0.1) is 17.5 Å². The van der Waals surface area contributed by atoms with Gasteiger partial charge in [-0.05, 0) is 50.1 Å².